The third-order valence-electron chi connectivity index (χ3n) is 4.04. The van der Waals surface area contributed by atoms with Crippen LogP contribution in [0.4, 0.5) is 0 Å². The Morgan fingerprint density at radius 3 is 2.47 bits per heavy atom. The molecule has 1 fully saturated rings. The summed E-state index contributed by atoms with van der Waals surface area (Å²) in [5, 5.41) is 0. The molecular weight excluding hydrogens is 238 g/mol. The van der Waals surface area contributed by atoms with Crippen molar-refractivity contribution in [3.8, 4) is 0 Å². The normalized spacial score (nSPS) is 24.2. The van der Waals surface area contributed by atoms with Crippen molar-refractivity contribution >= 4 is 5.78 Å². The average Bonchev–Trinajstić information content (AvgIpc) is 3.03. The van der Waals surface area contributed by atoms with E-state index in [1.807, 2.05) is 30.3 Å². The van der Waals surface area contributed by atoms with Crippen LogP contribution in [0.5, 0.6) is 0 Å². The van der Waals surface area contributed by atoms with Crippen LogP contribution in [0.15, 0.2) is 41.8 Å². The number of rotatable bonds is 3. The molecule has 3 heteroatoms. The molecule has 0 aliphatic heterocycles. The van der Waals surface area contributed by atoms with Crippen LogP contribution in [0.1, 0.15) is 43.6 Å². The number of ketones is 1. The Labute approximate surface area is 113 Å². The molecule has 1 saturated carbocycles. The summed E-state index contributed by atoms with van der Waals surface area (Å²) in [7, 11) is 0. The van der Waals surface area contributed by atoms with E-state index in [4.69, 9.17) is 10.5 Å². The lowest BCUT2D eigenvalue weighted by molar-refractivity contribution is -0.120. The zero-order valence-electron chi connectivity index (χ0n) is 11.0. The van der Waals surface area contributed by atoms with Gasteiger partial charge in [0.25, 0.3) is 0 Å². The second kappa shape index (κ2) is 5.08. The first-order valence-electron chi connectivity index (χ1n) is 7.00. The SMILES string of the molecule is NC1=C(OC2CCCC2)C(=O)[C@H](c2ccccc2)C1. The fraction of sp³-hybridized carbons (Fsp3) is 0.438. The molecule has 3 rings (SSSR count). The molecule has 0 saturated heterocycles. The van der Waals surface area contributed by atoms with Gasteiger partial charge in [-0.05, 0) is 31.2 Å². The van der Waals surface area contributed by atoms with Gasteiger partial charge in [-0.25, -0.2) is 0 Å². The van der Waals surface area contributed by atoms with E-state index in [0.29, 0.717) is 17.9 Å². The number of benzene rings is 1. The molecule has 0 aromatic heterocycles. The summed E-state index contributed by atoms with van der Waals surface area (Å²) in [4.78, 5) is 12.4. The molecule has 1 aromatic carbocycles. The Hall–Kier alpha value is -1.77. The van der Waals surface area contributed by atoms with Gasteiger partial charge in [0.1, 0.15) is 0 Å². The molecule has 3 nitrogen and oxygen atoms in total. The summed E-state index contributed by atoms with van der Waals surface area (Å²) in [5.74, 6) is 0.328. The second-order valence-electron chi connectivity index (χ2n) is 5.41. The van der Waals surface area contributed by atoms with Gasteiger partial charge in [0.05, 0.1) is 17.7 Å². The first kappa shape index (κ1) is 12.3. The monoisotopic (exact) mass is 257 g/mol. The molecule has 0 radical (unpaired) electrons. The molecule has 2 N–H and O–H groups in total. The summed E-state index contributed by atoms with van der Waals surface area (Å²) in [6, 6.07) is 9.82. The van der Waals surface area contributed by atoms with Crippen molar-refractivity contribution in [2.75, 3.05) is 0 Å². The maximum Gasteiger partial charge on any atom is 0.206 e. The smallest absolute Gasteiger partial charge is 0.206 e. The van der Waals surface area contributed by atoms with Gasteiger partial charge in [-0.2, -0.15) is 0 Å². The number of ether oxygens (including phenoxy) is 1. The summed E-state index contributed by atoms with van der Waals surface area (Å²) in [5.41, 5.74) is 7.65. The van der Waals surface area contributed by atoms with Gasteiger partial charge in [0, 0.05) is 6.42 Å². The summed E-state index contributed by atoms with van der Waals surface area (Å²) >= 11 is 0. The molecule has 0 amide bonds. The van der Waals surface area contributed by atoms with Crippen LogP contribution in [0.2, 0.25) is 0 Å². The number of allylic oxidation sites excluding steroid dienone is 2. The largest absolute Gasteiger partial charge is 0.485 e. The summed E-state index contributed by atoms with van der Waals surface area (Å²) < 4.78 is 5.85. The molecule has 2 aliphatic rings. The zero-order chi connectivity index (χ0) is 13.2. The molecule has 1 atom stereocenters. The predicted octanol–water partition coefficient (Wildman–Crippen LogP) is 2.87. The Kier molecular flexibility index (Phi) is 3.28. The Bertz CT molecular complexity index is 501. The van der Waals surface area contributed by atoms with Crippen LogP contribution in [0.25, 0.3) is 0 Å². The van der Waals surface area contributed by atoms with E-state index in [1.165, 1.54) is 12.8 Å². The van der Waals surface area contributed by atoms with E-state index in [9.17, 15) is 4.79 Å². The molecule has 0 spiro atoms. The third kappa shape index (κ3) is 2.37. The lowest BCUT2D eigenvalue weighted by atomic mass is 9.96. The quantitative estimate of drug-likeness (QED) is 0.905. The molecule has 2 aliphatic carbocycles. The van der Waals surface area contributed by atoms with Crippen molar-refractivity contribution in [2.24, 2.45) is 5.73 Å². The Morgan fingerprint density at radius 1 is 1.11 bits per heavy atom. The van der Waals surface area contributed by atoms with Crippen molar-refractivity contribution in [2.45, 2.75) is 44.1 Å². The highest BCUT2D eigenvalue weighted by Crippen LogP contribution is 2.36. The summed E-state index contributed by atoms with van der Waals surface area (Å²) in [6.07, 6.45) is 5.24. The lowest BCUT2D eigenvalue weighted by Crippen LogP contribution is -2.15. The van der Waals surface area contributed by atoms with Gasteiger partial charge in [0.15, 0.2) is 5.76 Å². The molecule has 0 bridgehead atoms. The minimum absolute atomic E-state index is 0.0515. The van der Waals surface area contributed by atoms with Crippen molar-refractivity contribution in [1.29, 1.82) is 0 Å². The highest BCUT2D eigenvalue weighted by molar-refractivity contribution is 6.02. The van der Waals surface area contributed by atoms with Crippen LogP contribution in [0.3, 0.4) is 0 Å². The van der Waals surface area contributed by atoms with Gasteiger partial charge < -0.3 is 10.5 Å². The van der Waals surface area contributed by atoms with E-state index in [-0.39, 0.29) is 17.8 Å². The maximum atomic E-state index is 12.4. The van der Waals surface area contributed by atoms with Crippen molar-refractivity contribution in [1.82, 2.24) is 0 Å². The molecule has 0 heterocycles. The van der Waals surface area contributed by atoms with Crippen LogP contribution in [-0.4, -0.2) is 11.9 Å². The van der Waals surface area contributed by atoms with E-state index in [0.717, 1.165) is 18.4 Å². The standard InChI is InChI=1S/C16H19NO2/c17-14-10-13(11-6-2-1-3-7-11)15(18)16(14)19-12-8-4-5-9-12/h1-3,6-7,12-13H,4-5,8-10,17H2/t13-/m0/s1. The highest BCUT2D eigenvalue weighted by atomic mass is 16.5. The van der Waals surface area contributed by atoms with Crippen LogP contribution >= 0.6 is 0 Å². The number of hydrogen-bond acceptors (Lipinski definition) is 3. The average molecular weight is 257 g/mol. The van der Waals surface area contributed by atoms with E-state index < -0.39 is 0 Å². The predicted molar refractivity (Wildman–Crippen MR) is 73.4 cm³/mol. The minimum Gasteiger partial charge on any atom is -0.485 e. The van der Waals surface area contributed by atoms with Crippen molar-refractivity contribution < 1.29 is 9.53 Å². The second-order valence-corrected chi connectivity index (χ2v) is 5.41. The topological polar surface area (TPSA) is 52.3 Å². The molecular formula is C16H19NO2. The lowest BCUT2D eigenvalue weighted by Gasteiger charge is -2.14. The van der Waals surface area contributed by atoms with Gasteiger partial charge in [-0.15, -0.1) is 0 Å². The van der Waals surface area contributed by atoms with Gasteiger partial charge in [-0.1, -0.05) is 30.3 Å². The third-order valence-corrected chi connectivity index (χ3v) is 4.04. The summed E-state index contributed by atoms with van der Waals surface area (Å²) in [6.45, 7) is 0. The number of hydrogen-bond donors (Lipinski definition) is 1. The Morgan fingerprint density at radius 2 is 1.79 bits per heavy atom. The van der Waals surface area contributed by atoms with E-state index >= 15 is 0 Å². The van der Waals surface area contributed by atoms with E-state index in [2.05, 4.69) is 0 Å². The first-order valence-corrected chi connectivity index (χ1v) is 7.00. The number of nitrogens with two attached hydrogens (primary N) is 1. The number of carbonyl (C=O) groups is 1. The molecule has 19 heavy (non-hydrogen) atoms. The van der Waals surface area contributed by atoms with Gasteiger partial charge >= 0.3 is 0 Å². The molecule has 0 unspecified atom stereocenters. The van der Waals surface area contributed by atoms with Crippen molar-refractivity contribution in [3.05, 3.63) is 47.4 Å². The first-order chi connectivity index (χ1) is 9.25. The van der Waals surface area contributed by atoms with Crippen LogP contribution in [0, 0.1) is 0 Å². The maximum absolute atomic E-state index is 12.4. The molecule has 100 valence electrons. The van der Waals surface area contributed by atoms with Gasteiger partial charge in [-0.3, -0.25) is 4.79 Å². The fourth-order valence-electron chi connectivity index (χ4n) is 2.98. The highest BCUT2D eigenvalue weighted by Gasteiger charge is 2.36. The van der Waals surface area contributed by atoms with Gasteiger partial charge in [0.2, 0.25) is 5.78 Å². The van der Waals surface area contributed by atoms with Crippen molar-refractivity contribution in [3.63, 3.8) is 0 Å². The number of Topliss-reactive ketones (excluding diaryl/α,β-unsaturated/α-hetero) is 1. The van der Waals surface area contributed by atoms with Crippen LogP contribution in [-0.2, 0) is 9.53 Å². The number of carbonyl (C=O) groups excluding carboxylic acids is 1. The zero-order valence-corrected chi connectivity index (χ0v) is 11.0. The van der Waals surface area contributed by atoms with Crippen LogP contribution < -0.4 is 5.73 Å². The van der Waals surface area contributed by atoms with E-state index in [1.54, 1.807) is 0 Å². The minimum atomic E-state index is -0.155. The fourth-order valence-corrected chi connectivity index (χ4v) is 2.98. The molecule has 1 aromatic rings. The Balaban J connectivity index is 1.75.